The predicted octanol–water partition coefficient (Wildman–Crippen LogP) is 2.48. The Balaban J connectivity index is 2.80. The van der Waals surface area contributed by atoms with Crippen LogP contribution >= 0.6 is 11.3 Å². The summed E-state index contributed by atoms with van der Waals surface area (Å²) in [5, 5.41) is 12.7. The molecule has 2 N–H and O–H groups in total. The van der Waals surface area contributed by atoms with E-state index in [0.717, 1.165) is 11.3 Å². The predicted molar refractivity (Wildman–Crippen MR) is 84.7 cm³/mol. The number of carbonyl (C=O) groups excluding carboxylic acids is 2. The first-order valence-corrected chi connectivity index (χ1v) is 8.04. The second-order valence-electron chi connectivity index (χ2n) is 4.96. The quantitative estimate of drug-likeness (QED) is 0.565. The minimum Gasteiger partial charge on any atom is -0.506 e. The van der Waals surface area contributed by atoms with Crippen molar-refractivity contribution in [1.82, 2.24) is 5.32 Å². The van der Waals surface area contributed by atoms with E-state index in [9.17, 15) is 14.7 Å². The highest BCUT2D eigenvalue weighted by atomic mass is 32.1. The lowest BCUT2D eigenvalue weighted by molar-refractivity contribution is 0.0339. The van der Waals surface area contributed by atoms with E-state index in [4.69, 9.17) is 9.47 Å². The van der Waals surface area contributed by atoms with Crippen LogP contribution in [0.1, 0.15) is 51.6 Å². The second kappa shape index (κ2) is 8.75. The van der Waals surface area contributed by atoms with Crippen molar-refractivity contribution in [2.45, 2.75) is 39.7 Å². The summed E-state index contributed by atoms with van der Waals surface area (Å²) in [4.78, 5) is 24.5. The van der Waals surface area contributed by atoms with Gasteiger partial charge in [0.15, 0.2) is 0 Å². The molecule has 0 aliphatic carbocycles. The van der Waals surface area contributed by atoms with Crippen molar-refractivity contribution in [2.75, 3.05) is 20.3 Å². The molecule has 7 heteroatoms. The Bertz CT molecular complexity index is 526. The molecule has 1 aromatic rings. The Hall–Kier alpha value is -1.60. The Morgan fingerprint density at radius 3 is 2.64 bits per heavy atom. The highest BCUT2D eigenvalue weighted by Crippen LogP contribution is 2.34. The Kier molecular flexibility index (Phi) is 7.34. The zero-order valence-electron chi connectivity index (χ0n) is 13.4. The van der Waals surface area contributed by atoms with Gasteiger partial charge in [-0.2, -0.15) is 0 Å². The van der Waals surface area contributed by atoms with E-state index in [1.54, 1.807) is 21.0 Å². The van der Waals surface area contributed by atoms with E-state index in [0.29, 0.717) is 31.6 Å². The molecule has 0 radical (unpaired) electrons. The molecule has 1 heterocycles. The number of ether oxygens (including phenoxy) is 2. The van der Waals surface area contributed by atoms with Gasteiger partial charge in [0.05, 0.1) is 6.10 Å². The zero-order chi connectivity index (χ0) is 16.7. The number of methoxy groups -OCH3 is 1. The van der Waals surface area contributed by atoms with Crippen LogP contribution in [0.5, 0.6) is 5.75 Å². The van der Waals surface area contributed by atoms with Gasteiger partial charge in [-0.15, -0.1) is 11.3 Å². The lowest BCUT2D eigenvalue weighted by Gasteiger charge is -2.09. The fourth-order valence-electron chi connectivity index (χ4n) is 1.67. The first-order valence-electron chi connectivity index (χ1n) is 7.22. The van der Waals surface area contributed by atoms with Crippen LogP contribution in [0.25, 0.3) is 0 Å². The van der Waals surface area contributed by atoms with Crippen molar-refractivity contribution in [2.24, 2.45) is 0 Å². The van der Waals surface area contributed by atoms with Crippen LogP contribution in [0.15, 0.2) is 0 Å². The topological polar surface area (TPSA) is 84.9 Å². The van der Waals surface area contributed by atoms with Crippen molar-refractivity contribution in [3.63, 3.8) is 0 Å². The van der Waals surface area contributed by atoms with Gasteiger partial charge in [0.2, 0.25) is 0 Å². The molecule has 1 unspecified atom stereocenters. The summed E-state index contributed by atoms with van der Waals surface area (Å²) in [6, 6.07) is 0. The Morgan fingerprint density at radius 2 is 2.05 bits per heavy atom. The van der Waals surface area contributed by atoms with Crippen molar-refractivity contribution < 1.29 is 24.2 Å². The average Bonchev–Trinajstić information content (AvgIpc) is 2.79. The van der Waals surface area contributed by atoms with Gasteiger partial charge >= 0.3 is 5.97 Å². The SMILES string of the molecule is CCC(C)OC(=O)c1sc(C(=O)NCCCOC)c(O)c1C. The summed E-state index contributed by atoms with van der Waals surface area (Å²) in [7, 11) is 1.59. The lowest BCUT2D eigenvalue weighted by Crippen LogP contribution is -2.24. The number of hydrogen-bond acceptors (Lipinski definition) is 6. The molecule has 1 rings (SSSR count). The molecule has 0 aliphatic heterocycles. The summed E-state index contributed by atoms with van der Waals surface area (Å²) in [6.45, 7) is 6.29. The fourth-order valence-corrected chi connectivity index (χ4v) is 2.67. The molecule has 0 saturated carbocycles. The molecular formula is C15H23NO5S. The maximum absolute atomic E-state index is 12.1. The minimum absolute atomic E-state index is 0.131. The molecule has 1 aromatic heterocycles. The third kappa shape index (κ3) is 4.71. The number of esters is 1. The number of hydrogen-bond donors (Lipinski definition) is 2. The Morgan fingerprint density at radius 1 is 1.36 bits per heavy atom. The molecule has 22 heavy (non-hydrogen) atoms. The maximum atomic E-state index is 12.1. The van der Waals surface area contributed by atoms with E-state index in [1.807, 2.05) is 6.92 Å². The summed E-state index contributed by atoms with van der Waals surface area (Å²) in [5.74, 6) is -1.07. The van der Waals surface area contributed by atoms with Crippen LogP contribution in [0.3, 0.4) is 0 Å². The van der Waals surface area contributed by atoms with Gasteiger partial charge in [-0.05, 0) is 26.7 Å². The van der Waals surface area contributed by atoms with E-state index < -0.39 is 11.9 Å². The maximum Gasteiger partial charge on any atom is 0.349 e. The van der Waals surface area contributed by atoms with Crippen LogP contribution in [-0.4, -0.2) is 43.3 Å². The van der Waals surface area contributed by atoms with Crippen LogP contribution in [-0.2, 0) is 9.47 Å². The molecule has 1 amide bonds. The van der Waals surface area contributed by atoms with E-state index >= 15 is 0 Å². The number of thiophene rings is 1. The summed E-state index contributed by atoms with van der Waals surface area (Å²) >= 11 is 0.951. The second-order valence-corrected chi connectivity index (χ2v) is 5.98. The van der Waals surface area contributed by atoms with Crippen molar-refractivity contribution in [1.29, 1.82) is 0 Å². The molecule has 0 saturated heterocycles. The van der Waals surface area contributed by atoms with Crippen LogP contribution in [0.2, 0.25) is 0 Å². The number of carbonyl (C=O) groups is 2. The van der Waals surface area contributed by atoms with E-state index in [-0.39, 0.29) is 21.6 Å². The monoisotopic (exact) mass is 329 g/mol. The van der Waals surface area contributed by atoms with Gasteiger partial charge in [-0.3, -0.25) is 4.79 Å². The molecule has 1 atom stereocenters. The molecule has 124 valence electrons. The fraction of sp³-hybridized carbons (Fsp3) is 0.600. The van der Waals surface area contributed by atoms with E-state index in [1.165, 1.54) is 0 Å². The first kappa shape index (κ1) is 18.4. The molecule has 0 bridgehead atoms. The molecule has 6 nitrogen and oxygen atoms in total. The van der Waals surface area contributed by atoms with Crippen LogP contribution in [0.4, 0.5) is 0 Å². The third-order valence-corrected chi connectivity index (χ3v) is 4.46. The van der Waals surface area contributed by atoms with Gasteiger partial charge in [-0.1, -0.05) is 6.92 Å². The molecule has 0 spiro atoms. The van der Waals surface area contributed by atoms with Gasteiger partial charge in [0, 0.05) is 25.8 Å². The number of rotatable bonds is 8. The zero-order valence-corrected chi connectivity index (χ0v) is 14.2. The third-order valence-electron chi connectivity index (χ3n) is 3.20. The smallest absolute Gasteiger partial charge is 0.349 e. The van der Waals surface area contributed by atoms with Crippen molar-refractivity contribution >= 4 is 23.2 Å². The van der Waals surface area contributed by atoms with E-state index in [2.05, 4.69) is 5.32 Å². The summed E-state index contributed by atoms with van der Waals surface area (Å²) < 4.78 is 10.1. The van der Waals surface area contributed by atoms with Crippen LogP contribution in [0, 0.1) is 6.92 Å². The standard InChI is InChI=1S/C15H23NO5S/c1-5-9(2)21-15(19)12-10(3)11(17)13(22-12)14(18)16-7-6-8-20-4/h9,17H,5-8H2,1-4H3,(H,16,18). The van der Waals surface area contributed by atoms with Gasteiger partial charge in [0.1, 0.15) is 15.5 Å². The molecule has 0 aromatic carbocycles. The van der Waals surface area contributed by atoms with Crippen molar-refractivity contribution in [3.8, 4) is 5.75 Å². The normalized spacial score (nSPS) is 12.0. The molecule has 0 fully saturated rings. The summed E-state index contributed by atoms with van der Waals surface area (Å²) in [6.07, 6.45) is 1.17. The molecule has 0 aliphatic rings. The van der Waals surface area contributed by atoms with Crippen molar-refractivity contribution in [3.05, 3.63) is 15.3 Å². The minimum atomic E-state index is -0.509. The highest BCUT2D eigenvalue weighted by Gasteiger charge is 2.25. The highest BCUT2D eigenvalue weighted by molar-refractivity contribution is 7.16. The number of nitrogens with one attached hydrogen (secondary N) is 1. The Labute approximate surface area is 134 Å². The lowest BCUT2D eigenvalue weighted by atomic mass is 10.2. The summed E-state index contributed by atoms with van der Waals surface area (Å²) in [5.41, 5.74) is 0.375. The van der Waals surface area contributed by atoms with Gasteiger partial charge in [-0.25, -0.2) is 4.79 Å². The first-order chi connectivity index (χ1) is 10.4. The number of amides is 1. The number of aromatic hydroxyl groups is 1. The average molecular weight is 329 g/mol. The van der Waals surface area contributed by atoms with Crippen LogP contribution < -0.4 is 5.32 Å². The van der Waals surface area contributed by atoms with Gasteiger partial charge in [0.25, 0.3) is 5.91 Å². The largest absolute Gasteiger partial charge is 0.506 e. The molecular weight excluding hydrogens is 306 g/mol. The van der Waals surface area contributed by atoms with Gasteiger partial charge < -0.3 is 19.9 Å².